The van der Waals surface area contributed by atoms with Crippen LogP contribution >= 0.6 is 0 Å². The summed E-state index contributed by atoms with van der Waals surface area (Å²) >= 11 is 0. The lowest BCUT2D eigenvalue weighted by atomic mass is 9.99. The molecule has 5 nitrogen and oxygen atoms in total. The molecular weight excluding hydrogens is 292 g/mol. The number of nitrogens with zero attached hydrogens (tertiary/aromatic N) is 1. The van der Waals surface area contributed by atoms with Gasteiger partial charge < -0.3 is 5.32 Å². The highest BCUT2D eigenvalue weighted by Gasteiger charge is 2.43. The number of fused-ring (bicyclic) bond motifs is 1. The number of amides is 3. The van der Waals surface area contributed by atoms with Crippen LogP contribution in [0, 0.1) is 5.92 Å². The Kier molecular flexibility index (Phi) is 3.80. The van der Waals surface area contributed by atoms with E-state index in [-0.39, 0.29) is 17.7 Å². The highest BCUT2D eigenvalue weighted by Crippen LogP contribution is 2.29. The molecule has 0 aliphatic carbocycles. The summed E-state index contributed by atoms with van der Waals surface area (Å²) in [6.07, 6.45) is 1.84. The van der Waals surface area contributed by atoms with Crippen molar-refractivity contribution in [3.05, 3.63) is 47.2 Å². The summed E-state index contributed by atoms with van der Waals surface area (Å²) in [7, 11) is 0. The van der Waals surface area contributed by atoms with Gasteiger partial charge in [-0.3, -0.25) is 19.3 Å². The van der Waals surface area contributed by atoms with Crippen molar-refractivity contribution in [2.24, 2.45) is 5.92 Å². The Hall–Kier alpha value is -2.43. The van der Waals surface area contributed by atoms with Crippen LogP contribution in [0.4, 0.5) is 0 Å². The van der Waals surface area contributed by atoms with Gasteiger partial charge in [0.1, 0.15) is 6.04 Å². The van der Waals surface area contributed by atoms with E-state index in [4.69, 9.17) is 0 Å². The van der Waals surface area contributed by atoms with Crippen molar-refractivity contribution in [3.63, 3.8) is 0 Å². The van der Waals surface area contributed by atoms with Crippen LogP contribution < -0.4 is 5.32 Å². The molecule has 1 aromatic rings. The van der Waals surface area contributed by atoms with E-state index >= 15 is 0 Å². The van der Waals surface area contributed by atoms with Gasteiger partial charge in [-0.05, 0) is 42.9 Å². The predicted octanol–water partition coefficient (Wildman–Crippen LogP) is 2.27. The van der Waals surface area contributed by atoms with Crippen molar-refractivity contribution < 1.29 is 14.4 Å². The third-order valence-corrected chi connectivity index (χ3v) is 4.26. The highest BCUT2D eigenvalue weighted by molar-refractivity contribution is 6.23. The number of imide groups is 1. The smallest absolute Gasteiger partial charge is 0.262 e. The van der Waals surface area contributed by atoms with Crippen LogP contribution in [0.25, 0.3) is 0 Å². The highest BCUT2D eigenvalue weighted by atomic mass is 16.2. The minimum atomic E-state index is -0.749. The van der Waals surface area contributed by atoms with Gasteiger partial charge in [-0.25, -0.2) is 0 Å². The van der Waals surface area contributed by atoms with Gasteiger partial charge >= 0.3 is 0 Å². The fourth-order valence-electron chi connectivity index (χ4n) is 3.20. The Labute approximate surface area is 135 Å². The Morgan fingerprint density at radius 1 is 1.22 bits per heavy atom. The summed E-state index contributed by atoms with van der Waals surface area (Å²) in [6.45, 7) is 7.93. The normalized spacial score (nSPS) is 21.0. The van der Waals surface area contributed by atoms with E-state index in [1.54, 1.807) is 12.1 Å². The van der Waals surface area contributed by atoms with Crippen LogP contribution in [-0.4, -0.2) is 28.7 Å². The third-order valence-electron chi connectivity index (χ3n) is 4.26. The zero-order valence-corrected chi connectivity index (χ0v) is 13.4. The minimum absolute atomic E-state index is 0.335. The molecule has 2 aliphatic heterocycles. The molecule has 0 radical (unpaired) electrons. The number of nitrogens with one attached hydrogen (secondary N) is 1. The van der Waals surface area contributed by atoms with Crippen LogP contribution in [0.15, 0.2) is 30.5 Å². The molecule has 1 saturated heterocycles. The lowest BCUT2D eigenvalue weighted by molar-refractivity contribution is -0.125. The van der Waals surface area contributed by atoms with Crippen LogP contribution in [0.3, 0.4) is 0 Å². The molecule has 23 heavy (non-hydrogen) atoms. The van der Waals surface area contributed by atoms with Crippen molar-refractivity contribution in [1.29, 1.82) is 0 Å². The standard InChI is InChI=1S/C18H20N2O3/c1-10(2)8-12-5-6-13-14(9-12)18(23)20(17(13)22)15-7-4-11(3)19-16(15)21/h5-6,9-10,15H,3-4,7-8H2,1-2H3,(H,19,21). The summed E-state index contributed by atoms with van der Waals surface area (Å²) in [6, 6.07) is 4.62. The van der Waals surface area contributed by atoms with Crippen LogP contribution in [0.5, 0.6) is 0 Å². The zero-order valence-electron chi connectivity index (χ0n) is 13.4. The minimum Gasteiger partial charge on any atom is -0.329 e. The molecule has 1 aromatic carbocycles. The zero-order chi connectivity index (χ0) is 16.7. The van der Waals surface area contributed by atoms with Gasteiger partial charge in [-0.2, -0.15) is 0 Å². The van der Waals surface area contributed by atoms with Gasteiger partial charge in [-0.1, -0.05) is 26.5 Å². The largest absolute Gasteiger partial charge is 0.329 e. The molecule has 3 amide bonds. The second kappa shape index (κ2) is 5.65. The molecule has 1 unspecified atom stereocenters. The van der Waals surface area contributed by atoms with Crippen molar-refractivity contribution >= 4 is 17.7 Å². The molecule has 5 heteroatoms. The average molecular weight is 312 g/mol. The molecule has 0 bridgehead atoms. The van der Waals surface area contributed by atoms with Gasteiger partial charge in [0.25, 0.3) is 11.8 Å². The number of benzene rings is 1. The Balaban J connectivity index is 1.91. The SMILES string of the molecule is C=C1CCC(N2C(=O)c3ccc(CC(C)C)cc3C2=O)C(=O)N1. The maximum absolute atomic E-state index is 12.7. The lowest BCUT2D eigenvalue weighted by Crippen LogP contribution is -2.51. The quantitative estimate of drug-likeness (QED) is 0.871. The third kappa shape index (κ3) is 2.67. The lowest BCUT2D eigenvalue weighted by Gasteiger charge is -2.29. The summed E-state index contributed by atoms with van der Waals surface area (Å²) in [5, 5.41) is 2.63. The fraction of sp³-hybridized carbons (Fsp3) is 0.389. The first-order valence-corrected chi connectivity index (χ1v) is 7.88. The van der Waals surface area contributed by atoms with E-state index in [1.165, 1.54) is 0 Å². The maximum atomic E-state index is 12.7. The van der Waals surface area contributed by atoms with Gasteiger partial charge in [-0.15, -0.1) is 0 Å². The summed E-state index contributed by atoms with van der Waals surface area (Å²) in [5.41, 5.74) is 2.45. The first-order valence-electron chi connectivity index (χ1n) is 7.88. The Morgan fingerprint density at radius 3 is 2.57 bits per heavy atom. The van der Waals surface area contributed by atoms with Crippen LogP contribution in [-0.2, 0) is 11.2 Å². The van der Waals surface area contributed by atoms with Crippen molar-refractivity contribution in [3.8, 4) is 0 Å². The number of piperidine rings is 1. The Bertz CT molecular complexity index is 721. The summed E-state index contributed by atoms with van der Waals surface area (Å²) in [5.74, 6) is -0.623. The second-order valence-electron chi connectivity index (χ2n) is 6.61. The van der Waals surface area contributed by atoms with E-state index in [0.717, 1.165) is 16.9 Å². The van der Waals surface area contributed by atoms with E-state index in [1.807, 2.05) is 6.07 Å². The second-order valence-corrected chi connectivity index (χ2v) is 6.61. The molecule has 0 spiro atoms. The number of carbonyl (C=O) groups is 3. The maximum Gasteiger partial charge on any atom is 0.262 e. The van der Waals surface area contributed by atoms with E-state index < -0.39 is 6.04 Å². The van der Waals surface area contributed by atoms with E-state index in [9.17, 15) is 14.4 Å². The molecule has 1 N–H and O–H groups in total. The first-order chi connectivity index (χ1) is 10.9. The fourth-order valence-corrected chi connectivity index (χ4v) is 3.20. The number of carbonyl (C=O) groups excluding carboxylic acids is 3. The number of allylic oxidation sites excluding steroid dienone is 1. The molecule has 1 atom stereocenters. The topological polar surface area (TPSA) is 66.5 Å². The summed E-state index contributed by atoms with van der Waals surface area (Å²) < 4.78 is 0. The van der Waals surface area contributed by atoms with E-state index in [2.05, 4.69) is 25.7 Å². The number of rotatable bonds is 3. The predicted molar refractivity (Wildman–Crippen MR) is 85.8 cm³/mol. The molecule has 0 aromatic heterocycles. The molecule has 2 heterocycles. The van der Waals surface area contributed by atoms with E-state index in [0.29, 0.717) is 35.6 Å². The van der Waals surface area contributed by atoms with Crippen LogP contribution in [0.2, 0.25) is 0 Å². The van der Waals surface area contributed by atoms with Gasteiger partial charge in [0.05, 0.1) is 11.1 Å². The summed E-state index contributed by atoms with van der Waals surface area (Å²) in [4.78, 5) is 38.5. The average Bonchev–Trinajstić information content (AvgIpc) is 2.71. The molecule has 2 aliphatic rings. The van der Waals surface area contributed by atoms with Gasteiger partial charge in [0, 0.05) is 5.70 Å². The molecule has 120 valence electrons. The van der Waals surface area contributed by atoms with Gasteiger partial charge in [0.2, 0.25) is 5.91 Å². The van der Waals surface area contributed by atoms with Crippen molar-refractivity contribution in [1.82, 2.24) is 10.2 Å². The molecule has 0 saturated carbocycles. The number of hydrogen-bond acceptors (Lipinski definition) is 3. The Morgan fingerprint density at radius 2 is 1.91 bits per heavy atom. The van der Waals surface area contributed by atoms with Gasteiger partial charge in [0.15, 0.2) is 0 Å². The number of hydrogen-bond donors (Lipinski definition) is 1. The van der Waals surface area contributed by atoms with Crippen LogP contribution in [0.1, 0.15) is 53.0 Å². The first kappa shape index (κ1) is 15.5. The molecular formula is C18H20N2O3. The van der Waals surface area contributed by atoms with Crippen molar-refractivity contribution in [2.45, 2.75) is 39.2 Å². The molecule has 3 rings (SSSR count). The van der Waals surface area contributed by atoms with Crippen molar-refractivity contribution in [2.75, 3.05) is 0 Å². The molecule has 1 fully saturated rings. The monoisotopic (exact) mass is 312 g/mol.